The zero-order valence-corrected chi connectivity index (χ0v) is 28.0. The van der Waals surface area contributed by atoms with E-state index in [9.17, 15) is 22.0 Å². The van der Waals surface area contributed by atoms with Crippen molar-refractivity contribution >= 4 is 21.6 Å². The number of carbonyl (C=O) groups is 1. The fourth-order valence-electron chi connectivity index (χ4n) is 4.97. The number of rotatable bonds is 13. The van der Waals surface area contributed by atoms with Crippen LogP contribution in [0.15, 0.2) is 132 Å². The highest BCUT2D eigenvalue weighted by atomic mass is 32.2. The Morgan fingerprint density at radius 2 is 1.31 bits per heavy atom. The smallest absolute Gasteiger partial charge is 0.264 e. The zero-order valence-electron chi connectivity index (χ0n) is 27.2. The third-order valence-electron chi connectivity index (χ3n) is 7.47. The van der Waals surface area contributed by atoms with Crippen molar-refractivity contribution in [3.8, 4) is 0 Å². The monoisotopic (exact) mass is 669 g/mol. The molecule has 0 spiro atoms. The number of hydrogen-bond acceptors (Lipinski definition) is 4. The molecule has 0 heterocycles. The summed E-state index contributed by atoms with van der Waals surface area (Å²) in [5.74, 6) is -1.27. The molecule has 0 aliphatic carbocycles. The number of hydrogen-bond donors (Lipinski definition) is 2. The molecule has 0 unspecified atom stereocenters. The number of halogens is 2. The predicted molar refractivity (Wildman–Crippen MR) is 188 cm³/mol. The highest BCUT2D eigenvalue weighted by Crippen LogP contribution is 2.26. The highest BCUT2D eigenvalue weighted by molar-refractivity contribution is 7.92. The summed E-state index contributed by atoms with van der Waals surface area (Å²) in [6.07, 6.45) is 1.81. The fraction of sp³-hybridized carbons (Fsp3) is 0.205. The molecule has 0 aliphatic heterocycles. The van der Waals surface area contributed by atoms with E-state index < -0.39 is 21.7 Å². The van der Waals surface area contributed by atoms with Gasteiger partial charge in [-0.25, -0.2) is 17.2 Å². The van der Waals surface area contributed by atoms with Gasteiger partial charge in [-0.05, 0) is 97.1 Å². The molecule has 0 saturated carbocycles. The highest BCUT2D eigenvalue weighted by Gasteiger charge is 2.25. The van der Waals surface area contributed by atoms with Crippen LogP contribution in [0, 0.1) is 18.6 Å². The van der Waals surface area contributed by atoms with Crippen molar-refractivity contribution < 1.29 is 22.0 Å². The Labute approximate surface area is 282 Å². The van der Waals surface area contributed by atoms with Gasteiger partial charge in [-0.1, -0.05) is 79.7 Å². The molecule has 0 saturated heterocycles. The van der Waals surface area contributed by atoms with Crippen molar-refractivity contribution in [2.24, 2.45) is 0 Å². The van der Waals surface area contributed by atoms with Crippen molar-refractivity contribution in [1.29, 1.82) is 0 Å². The quantitative estimate of drug-likeness (QED) is 0.125. The molecule has 5 rings (SSSR count). The third-order valence-corrected chi connectivity index (χ3v) is 9.26. The minimum Gasteiger partial charge on any atom is -0.352 e. The van der Waals surface area contributed by atoms with Crippen LogP contribution in [0.25, 0.3) is 0 Å². The van der Waals surface area contributed by atoms with Crippen LogP contribution in [0.3, 0.4) is 0 Å². The fourth-order valence-corrected chi connectivity index (χ4v) is 6.42. The zero-order chi connectivity index (χ0) is 34.4. The van der Waals surface area contributed by atoms with Crippen LogP contribution in [0.2, 0.25) is 0 Å². The first-order chi connectivity index (χ1) is 23.2. The SMILES string of the molecule is CCc1cccc(CNCCCNC(=O)c2ccc(S(=O)(=O)N(Cc3ccccc3)c3ccccc3)cc2)c1.Cc1cc(F)cc(F)c1. The van der Waals surface area contributed by atoms with E-state index in [1.165, 1.54) is 39.7 Å². The lowest BCUT2D eigenvalue weighted by Crippen LogP contribution is -2.31. The number of amides is 1. The van der Waals surface area contributed by atoms with Gasteiger partial charge in [-0.2, -0.15) is 0 Å². The van der Waals surface area contributed by atoms with Gasteiger partial charge in [-0.3, -0.25) is 9.10 Å². The molecule has 0 radical (unpaired) electrons. The lowest BCUT2D eigenvalue weighted by Gasteiger charge is -2.25. The standard InChI is InChI=1S/C32H35N3O3S.C7H6F2/c1-2-26-13-9-14-28(23-26)24-33-21-10-22-34-32(36)29-17-19-31(20-18-29)39(37,38)35(30-15-7-4-8-16-30)25-27-11-5-3-6-12-27;1-5-2-6(8)4-7(9)3-5/h3-9,11-20,23,33H,2,10,21-22,24-25H2,1H3,(H,34,36);2-4H,1H3. The molecule has 5 aromatic rings. The van der Waals surface area contributed by atoms with Gasteiger partial charge < -0.3 is 10.6 Å². The van der Waals surface area contributed by atoms with Gasteiger partial charge in [0.15, 0.2) is 0 Å². The molecule has 0 bridgehead atoms. The molecule has 2 N–H and O–H groups in total. The number of nitrogens with one attached hydrogen (secondary N) is 2. The van der Waals surface area contributed by atoms with Gasteiger partial charge in [0.1, 0.15) is 11.6 Å². The second-order valence-corrected chi connectivity index (χ2v) is 13.1. The molecule has 9 heteroatoms. The number of sulfonamides is 1. The van der Waals surface area contributed by atoms with Crippen molar-refractivity contribution in [3.05, 3.63) is 167 Å². The summed E-state index contributed by atoms with van der Waals surface area (Å²) in [6.45, 7) is 6.10. The number of anilines is 1. The third kappa shape index (κ3) is 10.9. The van der Waals surface area contributed by atoms with E-state index >= 15 is 0 Å². The van der Waals surface area contributed by atoms with Crippen molar-refractivity contribution in [1.82, 2.24) is 10.6 Å². The molecule has 6 nitrogen and oxygen atoms in total. The van der Waals surface area contributed by atoms with Gasteiger partial charge in [0, 0.05) is 24.7 Å². The summed E-state index contributed by atoms with van der Waals surface area (Å²) in [6, 6.07) is 36.6. The van der Waals surface area contributed by atoms with E-state index in [-0.39, 0.29) is 17.3 Å². The van der Waals surface area contributed by atoms with Gasteiger partial charge in [0.05, 0.1) is 17.1 Å². The Kier molecular flexibility index (Phi) is 13.4. The molecular formula is C39H41F2N3O3S. The van der Waals surface area contributed by atoms with E-state index in [0.717, 1.165) is 37.6 Å². The lowest BCUT2D eigenvalue weighted by atomic mass is 10.1. The Balaban J connectivity index is 0.000000500. The van der Waals surface area contributed by atoms with Crippen LogP contribution in [0.1, 0.15) is 46.0 Å². The van der Waals surface area contributed by atoms with Gasteiger partial charge in [0.2, 0.25) is 0 Å². The van der Waals surface area contributed by atoms with E-state index in [0.29, 0.717) is 23.4 Å². The molecule has 250 valence electrons. The lowest BCUT2D eigenvalue weighted by molar-refractivity contribution is 0.0953. The minimum absolute atomic E-state index is 0.134. The summed E-state index contributed by atoms with van der Waals surface area (Å²) >= 11 is 0. The van der Waals surface area contributed by atoms with Crippen LogP contribution in [-0.2, 0) is 29.5 Å². The average molecular weight is 670 g/mol. The number of nitrogens with zero attached hydrogens (tertiary/aromatic N) is 1. The topological polar surface area (TPSA) is 78.5 Å². The van der Waals surface area contributed by atoms with E-state index in [1.54, 1.807) is 31.2 Å². The molecular weight excluding hydrogens is 629 g/mol. The van der Waals surface area contributed by atoms with Crippen molar-refractivity contribution in [2.45, 2.75) is 44.7 Å². The minimum atomic E-state index is -3.86. The van der Waals surface area contributed by atoms with Gasteiger partial charge in [-0.15, -0.1) is 0 Å². The molecule has 0 atom stereocenters. The Bertz CT molecular complexity index is 1800. The Morgan fingerprint density at radius 3 is 1.94 bits per heavy atom. The Morgan fingerprint density at radius 1 is 0.708 bits per heavy atom. The molecule has 0 aliphatic rings. The second kappa shape index (κ2) is 17.9. The van der Waals surface area contributed by atoms with Crippen LogP contribution >= 0.6 is 0 Å². The maximum absolute atomic E-state index is 13.6. The van der Waals surface area contributed by atoms with E-state index in [1.807, 2.05) is 48.5 Å². The molecule has 5 aromatic carbocycles. The number of para-hydroxylation sites is 1. The average Bonchev–Trinajstić information content (AvgIpc) is 3.09. The second-order valence-electron chi connectivity index (χ2n) is 11.3. The van der Waals surface area contributed by atoms with E-state index in [2.05, 4.69) is 41.8 Å². The summed E-state index contributed by atoms with van der Waals surface area (Å²) < 4.78 is 53.1. The van der Waals surface area contributed by atoms with Gasteiger partial charge >= 0.3 is 0 Å². The van der Waals surface area contributed by atoms with Crippen molar-refractivity contribution in [2.75, 3.05) is 17.4 Å². The number of benzene rings is 5. The largest absolute Gasteiger partial charge is 0.352 e. The maximum atomic E-state index is 13.6. The molecule has 48 heavy (non-hydrogen) atoms. The van der Waals surface area contributed by atoms with Crippen molar-refractivity contribution in [3.63, 3.8) is 0 Å². The van der Waals surface area contributed by atoms with Crippen LogP contribution in [-0.4, -0.2) is 27.4 Å². The first-order valence-corrected chi connectivity index (χ1v) is 17.3. The summed E-state index contributed by atoms with van der Waals surface area (Å²) in [5, 5.41) is 6.33. The first-order valence-electron chi connectivity index (χ1n) is 15.9. The molecule has 1 amide bonds. The normalized spacial score (nSPS) is 10.9. The van der Waals surface area contributed by atoms with E-state index in [4.69, 9.17) is 0 Å². The van der Waals surface area contributed by atoms with Gasteiger partial charge in [0.25, 0.3) is 15.9 Å². The summed E-state index contributed by atoms with van der Waals surface area (Å²) in [4.78, 5) is 12.8. The van der Waals surface area contributed by atoms with Crippen LogP contribution < -0.4 is 14.9 Å². The first kappa shape index (κ1) is 36.0. The van der Waals surface area contributed by atoms with Crippen LogP contribution in [0.4, 0.5) is 14.5 Å². The summed E-state index contributed by atoms with van der Waals surface area (Å²) in [5.41, 5.74) is 5.06. The molecule has 0 aromatic heterocycles. The number of carbonyl (C=O) groups excluding carboxylic acids is 1. The maximum Gasteiger partial charge on any atom is 0.264 e. The van der Waals surface area contributed by atoms with Crippen LogP contribution in [0.5, 0.6) is 0 Å². The molecule has 0 fully saturated rings. The predicted octanol–water partition coefficient (Wildman–Crippen LogP) is 7.83. The Hall–Kier alpha value is -4.86. The summed E-state index contributed by atoms with van der Waals surface area (Å²) in [7, 11) is -3.86. The number of aryl methyl sites for hydroxylation is 2.